The maximum atomic E-state index is 12.6. The van der Waals surface area contributed by atoms with Crippen LogP contribution in [0.5, 0.6) is 0 Å². The molecule has 0 aromatic rings. The zero-order chi connectivity index (χ0) is 13.7. The number of unbranched alkanes of at least 4 members (excludes halogenated alkanes) is 1. The third-order valence-corrected chi connectivity index (χ3v) is 3.72. The number of rotatable bonds is 7. The van der Waals surface area contributed by atoms with Crippen molar-refractivity contribution < 1.29 is 35.6 Å². The molecular weight excluding hydrogens is 270 g/mol. The van der Waals surface area contributed by atoms with Gasteiger partial charge in [0.25, 0.3) is 0 Å². The van der Waals surface area contributed by atoms with E-state index in [1.54, 1.807) is 6.92 Å². The summed E-state index contributed by atoms with van der Waals surface area (Å²) in [6.07, 6.45) is -11.2. The summed E-state index contributed by atoms with van der Waals surface area (Å²) < 4.78 is 80.2. The second-order valence-corrected chi connectivity index (χ2v) is 5.32. The third kappa shape index (κ3) is 5.31. The van der Waals surface area contributed by atoms with Crippen LogP contribution in [-0.2, 0) is 13.6 Å². The van der Waals surface area contributed by atoms with E-state index >= 15 is 0 Å². The molecule has 0 N–H and O–H groups in total. The summed E-state index contributed by atoms with van der Waals surface area (Å²) in [5.41, 5.74) is 0. The molecule has 17 heavy (non-hydrogen) atoms. The number of halogens is 5. The van der Waals surface area contributed by atoms with Crippen molar-refractivity contribution in [1.29, 1.82) is 0 Å². The van der Waals surface area contributed by atoms with E-state index in [2.05, 4.69) is 9.05 Å². The van der Waals surface area contributed by atoms with Crippen molar-refractivity contribution in [3.05, 3.63) is 0 Å². The largest absolute Gasteiger partial charge is 0.483 e. The van der Waals surface area contributed by atoms with Crippen LogP contribution in [0.25, 0.3) is 0 Å². The molecule has 0 heterocycles. The minimum Gasteiger partial charge on any atom is -0.309 e. The Hall–Kier alpha value is -0.200. The lowest BCUT2D eigenvalue weighted by Gasteiger charge is -2.25. The highest BCUT2D eigenvalue weighted by Crippen LogP contribution is 2.56. The van der Waals surface area contributed by atoms with Crippen LogP contribution in [0, 0.1) is 0 Å². The topological polar surface area (TPSA) is 35.5 Å². The number of hydrogen-bond donors (Lipinski definition) is 0. The Labute approximate surface area is 95.8 Å². The fraction of sp³-hybridized carbons (Fsp3) is 1.00. The van der Waals surface area contributed by atoms with Gasteiger partial charge in [0.15, 0.2) is 0 Å². The second kappa shape index (κ2) is 6.11. The van der Waals surface area contributed by atoms with Crippen molar-refractivity contribution >= 4 is 7.60 Å². The molecular formula is C8H14F5O3P. The number of hydrogen-bond acceptors (Lipinski definition) is 3. The summed E-state index contributed by atoms with van der Waals surface area (Å²) in [4.78, 5) is 0. The SMILES string of the molecule is CCCCP(=O)(OCC)OC(F)(F)C(F)(F)F. The second-order valence-electron chi connectivity index (χ2n) is 3.21. The first-order valence-electron chi connectivity index (χ1n) is 4.97. The molecule has 0 aliphatic carbocycles. The van der Waals surface area contributed by atoms with Crippen molar-refractivity contribution in [2.45, 2.75) is 39.0 Å². The lowest BCUT2D eigenvalue weighted by Crippen LogP contribution is -2.38. The van der Waals surface area contributed by atoms with E-state index in [9.17, 15) is 26.5 Å². The van der Waals surface area contributed by atoms with Crippen molar-refractivity contribution in [2.75, 3.05) is 12.8 Å². The van der Waals surface area contributed by atoms with Crippen molar-refractivity contribution in [1.82, 2.24) is 0 Å². The standard InChI is InChI=1S/C8H14F5O3P/c1-3-5-6-17(14,15-4-2)16-8(12,13)7(9,10)11/h3-6H2,1-2H3. The molecule has 0 saturated heterocycles. The van der Waals surface area contributed by atoms with Gasteiger partial charge >= 0.3 is 19.9 Å². The van der Waals surface area contributed by atoms with E-state index in [1.165, 1.54) is 6.92 Å². The van der Waals surface area contributed by atoms with E-state index < -0.39 is 26.0 Å². The molecule has 0 rings (SSSR count). The fourth-order valence-electron chi connectivity index (χ4n) is 0.911. The van der Waals surface area contributed by atoms with Gasteiger partial charge in [-0.15, -0.1) is 0 Å². The molecule has 0 bridgehead atoms. The van der Waals surface area contributed by atoms with Crippen LogP contribution in [0.3, 0.4) is 0 Å². The Kier molecular flexibility index (Phi) is 6.04. The Morgan fingerprint density at radius 2 is 1.65 bits per heavy atom. The molecule has 104 valence electrons. The quantitative estimate of drug-likeness (QED) is 0.519. The highest BCUT2D eigenvalue weighted by atomic mass is 31.2. The van der Waals surface area contributed by atoms with Gasteiger partial charge in [-0.25, -0.2) is 4.52 Å². The molecule has 0 radical (unpaired) electrons. The first-order chi connectivity index (χ1) is 7.58. The number of alkyl halides is 5. The van der Waals surface area contributed by atoms with E-state index in [0.29, 0.717) is 6.42 Å². The van der Waals surface area contributed by atoms with E-state index in [0.717, 1.165) is 0 Å². The molecule has 0 fully saturated rings. The average Bonchev–Trinajstić information content (AvgIpc) is 2.12. The molecule has 1 atom stereocenters. The average molecular weight is 284 g/mol. The smallest absolute Gasteiger partial charge is 0.309 e. The van der Waals surface area contributed by atoms with Crippen LogP contribution in [0.4, 0.5) is 22.0 Å². The molecule has 1 unspecified atom stereocenters. The monoisotopic (exact) mass is 284 g/mol. The normalized spacial score (nSPS) is 16.9. The summed E-state index contributed by atoms with van der Waals surface area (Å²) in [7, 11) is -4.42. The summed E-state index contributed by atoms with van der Waals surface area (Å²) in [6.45, 7) is 2.72. The van der Waals surface area contributed by atoms with Crippen molar-refractivity contribution in [2.24, 2.45) is 0 Å². The van der Waals surface area contributed by atoms with Gasteiger partial charge in [0.05, 0.1) is 12.8 Å². The van der Waals surface area contributed by atoms with Crippen LogP contribution in [0.15, 0.2) is 0 Å². The van der Waals surface area contributed by atoms with Crippen molar-refractivity contribution in [3.8, 4) is 0 Å². The summed E-state index contributed by atoms with van der Waals surface area (Å²) in [6, 6.07) is 0. The molecule has 0 spiro atoms. The zero-order valence-corrected chi connectivity index (χ0v) is 10.3. The predicted octanol–water partition coefficient (Wildman–Crippen LogP) is 4.19. The van der Waals surface area contributed by atoms with Crippen LogP contribution >= 0.6 is 7.60 Å². The molecule has 0 aromatic heterocycles. The van der Waals surface area contributed by atoms with Crippen LogP contribution in [0.2, 0.25) is 0 Å². The first-order valence-corrected chi connectivity index (χ1v) is 6.69. The molecule has 0 aromatic carbocycles. The van der Waals surface area contributed by atoms with E-state index in [-0.39, 0.29) is 13.0 Å². The van der Waals surface area contributed by atoms with Gasteiger partial charge in [-0.05, 0) is 13.3 Å². The van der Waals surface area contributed by atoms with Crippen LogP contribution < -0.4 is 0 Å². The van der Waals surface area contributed by atoms with Gasteiger partial charge in [-0.2, -0.15) is 22.0 Å². The predicted molar refractivity (Wildman–Crippen MR) is 51.1 cm³/mol. The fourth-order valence-corrected chi connectivity index (χ4v) is 2.73. The molecule has 3 nitrogen and oxygen atoms in total. The lowest BCUT2D eigenvalue weighted by atomic mass is 10.4. The Morgan fingerprint density at radius 1 is 1.12 bits per heavy atom. The highest BCUT2D eigenvalue weighted by molar-refractivity contribution is 7.53. The van der Waals surface area contributed by atoms with E-state index in [4.69, 9.17) is 0 Å². The minimum atomic E-state index is -5.91. The Bertz CT molecular complexity index is 279. The Morgan fingerprint density at radius 3 is 2.00 bits per heavy atom. The van der Waals surface area contributed by atoms with Gasteiger partial charge in [0.2, 0.25) is 0 Å². The molecule has 0 amide bonds. The summed E-state index contributed by atoms with van der Waals surface area (Å²) >= 11 is 0. The van der Waals surface area contributed by atoms with Crippen molar-refractivity contribution in [3.63, 3.8) is 0 Å². The van der Waals surface area contributed by atoms with E-state index in [1.807, 2.05) is 0 Å². The maximum Gasteiger partial charge on any atom is 0.483 e. The van der Waals surface area contributed by atoms with Gasteiger partial charge in [0, 0.05) is 0 Å². The Balaban J connectivity index is 4.81. The molecule has 0 saturated carbocycles. The van der Waals surface area contributed by atoms with Gasteiger partial charge < -0.3 is 4.52 Å². The minimum absolute atomic E-state index is 0.172. The van der Waals surface area contributed by atoms with Crippen LogP contribution in [-0.4, -0.2) is 25.1 Å². The first kappa shape index (κ1) is 16.8. The lowest BCUT2D eigenvalue weighted by molar-refractivity contribution is -0.363. The summed E-state index contributed by atoms with van der Waals surface area (Å²) in [5.74, 6) is 0. The van der Waals surface area contributed by atoms with Gasteiger partial charge in [0.1, 0.15) is 0 Å². The summed E-state index contributed by atoms with van der Waals surface area (Å²) in [5, 5.41) is 0. The molecule has 0 aliphatic rings. The molecule has 9 heteroatoms. The third-order valence-electron chi connectivity index (χ3n) is 1.70. The van der Waals surface area contributed by atoms with Gasteiger partial charge in [-0.3, -0.25) is 4.57 Å². The highest BCUT2D eigenvalue weighted by Gasteiger charge is 2.62. The molecule has 0 aliphatic heterocycles. The van der Waals surface area contributed by atoms with Gasteiger partial charge in [-0.1, -0.05) is 13.3 Å². The zero-order valence-electron chi connectivity index (χ0n) is 9.39. The van der Waals surface area contributed by atoms with Crippen LogP contribution in [0.1, 0.15) is 26.7 Å². The maximum absolute atomic E-state index is 12.6.